The molecule has 0 aliphatic heterocycles. The van der Waals surface area contributed by atoms with Gasteiger partial charge in [-0.2, -0.15) is 0 Å². The number of rotatable bonds is 8. The highest BCUT2D eigenvalue weighted by atomic mass is 35.5. The number of tetrazole rings is 1. The molecule has 0 radical (unpaired) electrons. The van der Waals surface area contributed by atoms with Crippen molar-refractivity contribution in [2.45, 2.75) is 36.6 Å². The summed E-state index contributed by atoms with van der Waals surface area (Å²) in [5, 5.41) is 11.9. The summed E-state index contributed by atoms with van der Waals surface area (Å²) in [5.41, 5.74) is 2.30. The van der Waals surface area contributed by atoms with Crippen LogP contribution in [0.2, 0.25) is 0 Å². The Morgan fingerprint density at radius 1 is 1.14 bits per heavy atom. The average molecular weight is 418 g/mol. The van der Waals surface area contributed by atoms with Gasteiger partial charge in [0.2, 0.25) is 0 Å². The number of aromatic nitrogens is 4. The van der Waals surface area contributed by atoms with Crippen LogP contribution in [0.5, 0.6) is 0 Å². The summed E-state index contributed by atoms with van der Waals surface area (Å²) in [5.74, 6) is 1.23. The Morgan fingerprint density at radius 2 is 1.93 bits per heavy atom. The maximum atomic E-state index is 12.7. The van der Waals surface area contributed by atoms with Gasteiger partial charge < -0.3 is 0 Å². The van der Waals surface area contributed by atoms with Crippen molar-refractivity contribution < 1.29 is 8.42 Å². The number of nitrogens with one attached hydrogen (secondary N) is 1. The van der Waals surface area contributed by atoms with Crippen LogP contribution in [-0.4, -0.2) is 34.5 Å². The molecule has 1 heterocycles. The Balaban J connectivity index is 1.54. The van der Waals surface area contributed by atoms with Crippen molar-refractivity contribution in [3.63, 3.8) is 0 Å². The molecule has 3 aromatic rings. The molecule has 0 amide bonds. The first-order valence-corrected chi connectivity index (χ1v) is 11.1. The first kappa shape index (κ1) is 18.9. The molecule has 7 nitrogen and oxygen atoms in total. The van der Waals surface area contributed by atoms with E-state index in [2.05, 4.69) is 20.2 Å². The van der Waals surface area contributed by atoms with Crippen LogP contribution in [0.1, 0.15) is 30.9 Å². The number of hydrogen-bond acceptors (Lipinski definition) is 5. The first-order chi connectivity index (χ1) is 13.6. The molecule has 0 atom stereocenters. The van der Waals surface area contributed by atoms with E-state index in [1.807, 2.05) is 18.2 Å². The summed E-state index contributed by atoms with van der Waals surface area (Å²) in [6, 6.07) is 14.3. The molecule has 1 aliphatic rings. The Labute approximate surface area is 168 Å². The minimum absolute atomic E-state index is 0.218. The number of sulfonamides is 1. The average Bonchev–Trinajstić information content (AvgIpc) is 3.43. The largest absolute Gasteiger partial charge is 0.280 e. The number of nitrogens with zero attached hydrogens (tertiary/aromatic N) is 4. The minimum Gasteiger partial charge on any atom is -0.280 e. The standard InChI is InChI=1S/C19H20ClN5O2S/c20-12-2-3-14-6-10-18(11-7-14)28(26,27)22-16-5-1-4-15(13-16)19-21-23-24-25(19)17-8-9-17/h1,4-7,10-11,13,17,22H,2-3,8-9,12H2. The van der Waals surface area contributed by atoms with E-state index in [1.165, 1.54) is 0 Å². The maximum Gasteiger partial charge on any atom is 0.261 e. The third-order valence-electron chi connectivity index (χ3n) is 4.59. The van der Waals surface area contributed by atoms with Crippen LogP contribution in [-0.2, 0) is 16.4 Å². The summed E-state index contributed by atoms with van der Waals surface area (Å²) in [4.78, 5) is 0.218. The molecule has 28 heavy (non-hydrogen) atoms. The van der Waals surface area contributed by atoms with Gasteiger partial charge in [0.05, 0.1) is 10.9 Å². The zero-order valence-corrected chi connectivity index (χ0v) is 16.7. The van der Waals surface area contributed by atoms with Gasteiger partial charge in [-0.15, -0.1) is 16.7 Å². The minimum atomic E-state index is -3.68. The summed E-state index contributed by atoms with van der Waals surface area (Å²) in [6.45, 7) is 0. The highest BCUT2D eigenvalue weighted by Gasteiger charge is 2.28. The lowest BCUT2D eigenvalue weighted by Crippen LogP contribution is -2.13. The van der Waals surface area contributed by atoms with Crippen LogP contribution in [0, 0.1) is 0 Å². The summed E-state index contributed by atoms with van der Waals surface area (Å²) in [7, 11) is -3.68. The van der Waals surface area contributed by atoms with Crippen molar-refractivity contribution in [3.05, 3.63) is 54.1 Å². The fraction of sp³-hybridized carbons (Fsp3) is 0.316. The molecule has 4 rings (SSSR count). The van der Waals surface area contributed by atoms with Crippen molar-refractivity contribution in [3.8, 4) is 11.4 Å². The fourth-order valence-corrected chi connectivity index (χ4v) is 4.17. The van der Waals surface area contributed by atoms with Gasteiger partial charge in [0.25, 0.3) is 10.0 Å². The lowest BCUT2D eigenvalue weighted by Gasteiger charge is -2.10. The molecular weight excluding hydrogens is 398 g/mol. The van der Waals surface area contributed by atoms with Gasteiger partial charge in [-0.1, -0.05) is 24.3 Å². The fourth-order valence-electron chi connectivity index (χ4n) is 2.99. The zero-order valence-electron chi connectivity index (χ0n) is 15.1. The number of hydrogen-bond donors (Lipinski definition) is 1. The summed E-state index contributed by atoms with van der Waals surface area (Å²) in [6.07, 6.45) is 3.81. The molecule has 1 aromatic heterocycles. The molecule has 0 spiro atoms. The van der Waals surface area contributed by atoms with Crippen LogP contribution >= 0.6 is 11.6 Å². The van der Waals surface area contributed by atoms with E-state index in [-0.39, 0.29) is 4.90 Å². The lowest BCUT2D eigenvalue weighted by atomic mass is 10.1. The zero-order chi connectivity index (χ0) is 19.6. The number of anilines is 1. The third-order valence-corrected chi connectivity index (χ3v) is 6.26. The van der Waals surface area contributed by atoms with Crippen molar-refractivity contribution in [1.29, 1.82) is 0 Å². The Bertz CT molecular complexity index is 1060. The number of aryl methyl sites for hydroxylation is 1. The van der Waals surface area contributed by atoms with Crippen molar-refractivity contribution in [2.24, 2.45) is 0 Å². The summed E-state index contributed by atoms with van der Waals surface area (Å²) < 4.78 is 29.9. The quantitative estimate of drug-likeness (QED) is 0.565. The lowest BCUT2D eigenvalue weighted by molar-refractivity contribution is 0.601. The monoisotopic (exact) mass is 417 g/mol. The molecule has 0 unspecified atom stereocenters. The van der Waals surface area contributed by atoms with Crippen molar-refractivity contribution in [2.75, 3.05) is 10.6 Å². The Kier molecular flexibility index (Phi) is 5.32. The SMILES string of the molecule is O=S(=O)(Nc1cccc(-c2nnnn2C2CC2)c1)c1ccc(CCCCl)cc1. The second-order valence-corrected chi connectivity index (χ2v) is 8.86. The normalized spacial score (nSPS) is 14.2. The van der Waals surface area contributed by atoms with Gasteiger partial charge in [-0.3, -0.25) is 4.72 Å². The molecule has 1 N–H and O–H groups in total. The molecule has 2 aromatic carbocycles. The summed E-state index contributed by atoms with van der Waals surface area (Å²) >= 11 is 5.71. The van der Waals surface area contributed by atoms with Crippen molar-refractivity contribution in [1.82, 2.24) is 20.2 Å². The number of benzene rings is 2. The third kappa shape index (κ3) is 4.18. The van der Waals surface area contributed by atoms with Gasteiger partial charge in [0.15, 0.2) is 5.82 Å². The Hall–Kier alpha value is -2.45. The van der Waals surface area contributed by atoms with E-state index in [0.29, 0.717) is 23.4 Å². The van der Waals surface area contributed by atoms with Crippen LogP contribution in [0.3, 0.4) is 0 Å². The molecular formula is C19H20ClN5O2S. The molecule has 1 saturated carbocycles. The van der Waals surface area contributed by atoms with Gasteiger partial charge >= 0.3 is 0 Å². The topological polar surface area (TPSA) is 89.8 Å². The van der Waals surface area contributed by atoms with E-state index in [0.717, 1.165) is 36.8 Å². The van der Waals surface area contributed by atoms with Crippen LogP contribution < -0.4 is 4.72 Å². The Morgan fingerprint density at radius 3 is 2.64 bits per heavy atom. The molecule has 1 fully saturated rings. The number of halogens is 1. The molecule has 0 saturated heterocycles. The van der Waals surface area contributed by atoms with E-state index < -0.39 is 10.0 Å². The highest BCUT2D eigenvalue weighted by Crippen LogP contribution is 2.36. The second kappa shape index (κ2) is 7.89. The van der Waals surface area contributed by atoms with E-state index in [4.69, 9.17) is 11.6 Å². The van der Waals surface area contributed by atoms with E-state index >= 15 is 0 Å². The van der Waals surface area contributed by atoms with Crippen molar-refractivity contribution >= 4 is 27.3 Å². The molecule has 9 heteroatoms. The van der Waals surface area contributed by atoms with E-state index in [9.17, 15) is 8.42 Å². The number of alkyl halides is 1. The highest BCUT2D eigenvalue weighted by molar-refractivity contribution is 7.92. The van der Waals surface area contributed by atoms with Gasteiger partial charge in [-0.25, -0.2) is 13.1 Å². The van der Waals surface area contributed by atoms with E-state index in [1.54, 1.807) is 35.0 Å². The molecule has 146 valence electrons. The first-order valence-electron chi connectivity index (χ1n) is 9.13. The van der Waals surface area contributed by atoms with Crippen LogP contribution in [0.4, 0.5) is 5.69 Å². The van der Waals surface area contributed by atoms with Gasteiger partial charge in [-0.05, 0) is 65.9 Å². The second-order valence-electron chi connectivity index (χ2n) is 6.80. The predicted molar refractivity (Wildman–Crippen MR) is 108 cm³/mol. The van der Waals surface area contributed by atoms with Gasteiger partial charge in [0.1, 0.15) is 0 Å². The smallest absolute Gasteiger partial charge is 0.261 e. The van der Waals surface area contributed by atoms with Crippen LogP contribution in [0.15, 0.2) is 53.4 Å². The van der Waals surface area contributed by atoms with Crippen LogP contribution in [0.25, 0.3) is 11.4 Å². The molecule has 0 bridgehead atoms. The maximum absolute atomic E-state index is 12.7. The molecule has 1 aliphatic carbocycles. The predicted octanol–water partition coefficient (Wildman–Crippen LogP) is 3.65. The van der Waals surface area contributed by atoms with Gasteiger partial charge in [0, 0.05) is 17.1 Å².